The second-order valence-corrected chi connectivity index (χ2v) is 11.0. The number of morpholine rings is 1. The number of amides is 2. The third-order valence-electron chi connectivity index (χ3n) is 5.87. The van der Waals surface area contributed by atoms with E-state index in [1.807, 2.05) is 46.2 Å². The molecule has 0 aromatic carbocycles. The molecule has 0 aliphatic carbocycles. The van der Waals surface area contributed by atoms with Gasteiger partial charge in [-0.2, -0.15) is 5.10 Å². The highest BCUT2D eigenvalue weighted by molar-refractivity contribution is 7.17. The van der Waals surface area contributed by atoms with Gasteiger partial charge in [0.1, 0.15) is 4.88 Å². The van der Waals surface area contributed by atoms with E-state index in [1.54, 1.807) is 13.0 Å². The topological polar surface area (TPSA) is 114 Å². The summed E-state index contributed by atoms with van der Waals surface area (Å²) < 4.78 is 7.25. The highest BCUT2D eigenvalue weighted by Gasteiger charge is 2.26. The Bertz CT molecular complexity index is 1270. The maximum atomic E-state index is 13.3. The van der Waals surface area contributed by atoms with Gasteiger partial charge in [0.25, 0.3) is 11.8 Å². The highest BCUT2D eigenvalue weighted by atomic mass is 32.1. The van der Waals surface area contributed by atoms with Crippen LogP contribution >= 0.6 is 11.3 Å². The fourth-order valence-corrected chi connectivity index (χ4v) is 4.99. The van der Waals surface area contributed by atoms with Gasteiger partial charge < -0.3 is 9.64 Å². The lowest BCUT2D eigenvalue weighted by Crippen LogP contribution is -2.41. The summed E-state index contributed by atoms with van der Waals surface area (Å²) in [4.78, 5) is 38.1. The lowest BCUT2D eigenvalue weighted by atomic mass is 10.0. The Hall–Kier alpha value is -3.05. The average Bonchev–Trinajstić information content (AvgIpc) is 3.37. The molecule has 10 nitrogen and oxygen atoms in total. The first kappa shape index (κ1) is 25.1. The minimum Gasteiger partial charge on any atom is -0.378 e. The zero-order chi connectivity index (χ0) is 25.5. The fourth-order valence-electron chi connectivity index (χ4n) is 3.97. The molecule has 2 N–H and O–H groups in total. The third kappa shape index (κ3) is 5.01. The van der Waals surface area contributed by atoms with Gasteiger partial charge in [-0.05, 0) is 46.6 Å². The number of carbonyl (C=O) groups excluding carboxylic acids is 2. The van der Waals surface area contributed by atoms with Crippen LogP contribution in [0.2, 0.25) is 0 Å². The summed E-state index contributed by atoms with van der Waals surface area (Å²) in [6.45, 7) is 16.6. The van der Waals surface area contributed by atoms with Crippen LogP contribution in [0.15, 0.2) is 6.07 Å². The van der Waals surface area contributed by atoms with Crippen molar-refractivity contribution in [2.75, 3.05) is 31.2 Å². The fraction of sp³-hybridized carbons (Fsp3) is 0.542. The van der Waals surface area contributed by atoms with Crippen molar-refractivity contribution in [3.8, 4) is 0 Å². The van der Waals surface area contributed by atoms with Gasteiger partial charge in [-0.1, -0.05) is 25.2 Å². The molecule has 2 amide bonds. The minimum atomic E-state index is -0.417. The molecule has 0 saturated carbocycles. The molecule has 188 valence electrons. The number of rotatable bonds is 4. The van der Waals surface area contributed by atoms with Crippen LogP contribution in [0.5, 0.6) is 0 Å². The van der Waals surface area contributed by atoms with Crippen molar-refractivity contribution < 1.29 is 14.3 Å². The predicted molar refractivity (Wildman–Crippen MR) is 136 cm³/mol. The van der Waals surface area contributed by atoms with Crippen LogP contribution in [0.4, 0.5) is 5.13 Å². The molecule has 1 aliphatic rings. The van der Waals surface area contributed by atoms with Crippen molar-refractivity contribution in [1.29, 1.82) is 0 Å². The summed E-state index contributed by atoms with van der Waals surface area (Å²) in [5, 5.41) is 6.14. The number of pyridine rings is 1. The molecule has 11 heteroatoms. The van der Waals surface area contributed by atoms with E-state index >= 15 is 0 Å². The second kappa shape index (κ2) is 9.54. The molecule has 1 saturated heterocycles. The molecular weight excluding hydrogens is 466 g/mol. The number of nitrogens with zero attached hydrogens (tertiary/aromatic N) is 5. The van der Waals surface area contributed by atoms with E-state index < -0.39 is 11.8 Å². The number of thiazole rings is 1. The molecular formula is C24H33N7O3S. The van der Waals surface area contributed by atoms with Gasteiger partial charge in [-0.3, -0.25) is 20.4 Å². The van der Waals surface area contributed by atoms with Crippen LogP contribution in [-0.4, -0.2) is 57.9 Å². The van der Waals surface area contributed by atoms with Crippen LogP contribution in [0.3, 0.4) is 0 Å². The Labute approximate surface area is 209 Å². The van der Waals surface area contributed by atoms with Crippen LogP contribution < -0.4 is 15.8 Å². The predicted octanol–water partition coefficient (Wildman–Crippen LogP) is 3.29. The third-order valence-corrected chi connectivity index (χ3v) is 7.08. The number of ether oxygens (including phenoxy) is 1. The van der Waals surface area contributed by atoms with Gasteiger partial charge in [0, 0.05) is 18.8 Å². The van der Waals surface area contributed by atoms with Crippen molar-refractivity contribution in [3.05, 3.63) is 33.6 Å². The van der Waals surface area contributed by atoms with E-state index in [2.05, 4.69) is 25.8 Å². The summed E-state index contributed by atoms with van der Waals surface area (Å²) in [6, 6.07) is 1.78. The molecule has 0 atom stereocenters. The lowest BCUT2D eigenvalue weighted by Gasteiger charge is -2.25. The Kier molecular flexibility index (Phi) is 6.83. The maximum Gasteiger partial charge on any atom is 0.281 e. The number of hydrazine groups is 1. The van der Waals surface area contributed by atoms with E-state index in [0.29, 0.717) is 46.1 Å². The molecule has 3 aromatic rings. The van der Waals surface area contributed by atoms with Crippen molar-refractivity contribution >= 4 is 39.3 Å². The molecule has 4 heterocycles. The normalized spacial score (nSPS) is 14.6. The number of nitrogens with one attached hydrogen (secondary N) is 2. The molecule has 0 radical (unpaired) electrons. The maximum absolute atomic E-state index is 13.3. The van der Waals surface area contributed by atoms with Crippen molar-refractivity contribution in [2.24, 2.45) is 0 Å². The van der Waals surface area contributed by atoms with E-state index in [4.69, 9.17) is 9.72 Å². The Morgan fingerprint density at radius 1 is 1.06 bits per heavy atom. The van der Waals surface area contributed by atoms with Gasteiger partial charge in [-0.15, -0.1) is 0 Å². The van der Waals surface area contributed by atoms with E-state index in [9.17, 15) is 9.59 Å². The largest absolute Gasteiger partial charge is 0.378 e. The Morgan fingerprint density at radius 2 is 1.71 bits per heavy atom. The quantitative estimate of drug-likeness (QED) is 0.530. The van der Waals surface area contributed by atoms with Crippen molar-refractivity contribution in [3.63, 3.8) is 0 Å². The van der Waals surface area contributed by atoms with E-state index in [0.717, 1.165) is 23.9 Å². The first-order chi connectivity index (χ1) is 16.5. The standard InChI is InChI=1S/C24H33N7O3S/c1-13(2)17-12-16(18-14(3)29-31(20(18)26-17)24(5,6)7)21(32)27-28-22(33)19-15(4)25-23(35-19)30-8-10-34-11-9-30/h12-13H,8-11H2,1-7H3,(H,27,32)(H,28,33). The summed E-state index contributed by atoms with van der Waals surface area (Å²) >= 11 is 1.31. The number of anilines is 1. The van der Waals surface area contributed by atoms with Gasteiger partial charge in [0.05, 0.1) is 41.1 Å². The van der Waals surface area contributed by atoms with Gasteiger partial charge in [0.2, 0.25) is 0 Å². The molecule has 1 fully saturated rings. The highest BCUT2D eigenvalue weighted by Crippen LogP contribution is 2.29. The van der Waals surface area contributed by atoms with Crippen molar-refractivity contribution in [1.82, 2.24) is 30.6 Å². The monoisotopic (exact) mass is 499 g/mol. The first-order valence-electron chi connectivity index (χ1n) is 11.8. The van der Waals surface area contributed by atoms with Gasteiger partial charge >= 0.3 is 0 Å². The first-order valence-corrected chi connectivity index (χ1v) is 12.6. The minimum absolute atomic E-state index is 0.114. The summed E-state index contributed by atoms with van der Waals surface area (Å²) in [5.41, 5.74) is 8.06. The molecule has 0 bridgehead atoms. The Balaban J connectivity index is 1.59. The van der Waals surface area contributed by atoms with Crippen LogP contribution in [-0.2, 0) is 10.3 Å². The van der Waals surface area contributed by atoms with Gasteiger partial charge in [-0.25, -0.2) is 14.6 Å². The average molecular weight is 500 g/mol. The molecule has 0 unspecified atom stereocenters. The van der Waals surface area contributed by atoms with Crippen LogP contribution in [0, 0.1) is 13.8 Å². The SMILES string of the molecule is Cc1nc(N2CCOCC2)sc1C(=O)NNC(=O)c1cc(C(C)C)nc2c1c(C)nn2C(C)(C)C. The summed E-state index contributed by atoms with van der Waals surface area (Å²) in [7, 11) is 0. The number of hydrogen-bond acceptors (Lipinski definition) is 8. The van der Waals surface area contributed by atoms with Crippen molar-refractivity contribution in [2.45, 2.75) is 59.9 Å². The number of fused-ring (bicyclic) bond motifs is 1. The molecule has 1 aliphatic heterocycles. The smallest absolute Gasteiger partial charge is 0.281 e. The lowest BCUT2D eigenvalue weighted by molar-refractivity contribution is 0.0849. The molecule has 3 aromatic heterocycles. The Morgan fingerprint density at radius 3 is 2.34 bits per heavy atom. The number of carbonyl (C=O) groups is 2. The zero-order valence-corrected chi connectivity index (χ0v) is 22.2. The molecule has 35 heavy (non-hydrogen) atoms. The van der Waals surface area contributed by atoms with Gasteiger partial charge in [0.15, 0.2) is 10.8 Å². The molecule has 4 rings (SSSR count). The van der Waals surface area contributed by atoms with Crippen LogP contribution in [0.25, 0.3) is 11.0 Å². The summed E-state index contributed by atoms with van der Waals surface area (Å²) in [6.07, 6.45) is 0. The number of aryl methyl sites for hydroxylation is 2. The van der Waals surface area contributed by atoms with E-state index in [1.165, 1.54) is 11.3 Å². The number of hydrogen-bond donors (Lipinski definition) is 2. The second-order valence-electron chi connectivity index (χ2n) is 10.0. The number of aromatic nitrogens is 4. The molecule has 0 spiro atoms. The zero-order valence-electron chi connectivity index (χ0n) is 21.4. The summed E-state index contributed by atoms with van der Waals surface area (Å²) in [5.74, 6) is -0.702. The van der Waals surface area contributed by atoms with E-state index in [-0.39, 0.29) is 11.5 Å². The van der Waals surface area contributed by atoms with Crippen LogP contribution in [0.1, 0.15) is 77.6 Å².